The van der Waals surface area contributed by atoms with Crippen LogP contribution >= 0.6 is 15.9 Å². The Labute approximate surface area is 181 Å². The third-order valence-corrected chi connectivity index (χ3v) is 6.53. The normalized spacial score (nSPS) is 11.5. The Balaban J connectivity index is 1.89. The summed E-state index contributed by atoms with van der Waals surface area (Å²) in [5.41, 5.74) is 0.0336. The molecule has 1 N–H and O–H groups in total. The first-order valence-corrected chi connectivity index (χ1v) is 11.0. The zero-order valence-electron chi connectivity index (χ0n) is 15.6. The standard InChI is InChI=1S/C21H17BrF2N2O3S/c22-16-9-11-17(12-10-16)30(28,29)26(13-15-5-2-1-3-6-15)14-20(27)25-21-18(23)7-4-8-19(21)24/h1-12H,13-14H2,(H,25,27). The van der Waals surface area contributed by atoms with Crippen molar-refractivity contribution < 1.29 is 22.0 Å². The van der Waals surface area contributed by atoms with Gasteiger partial charge in [0.1, 0.15) is 17.3 Å². The third kappa shape index (κ3) is 5.29. The lowest BCUT2D eigenvalue weighted by Gasteiger charge is -2.22. The summed E-state index contributed by atoms with van der Waals surface area (Å²) in [7, 11) is -4.06. The van der Waals surface area contributed by atoms with E-state index in [0.717, 1.165) is 16.4 Å². The molecule has 0 radical (unpaired) electrons. The molecule has 3 rings (SSSR count). The molecule has 0 saturated carbocycles. The van der Waals surface area contributed by atoms with Gasteiger partial charge in [0.25, 0.3) is 0 Å². The summed E-state index contributed by atoms with van der Waals surface area (Å²) in [6, 6.07) is 17.8. The van der Waals surface area contributed by atoms with Gasteiger partial charge in [-0.25, -0.2) is 17.2 Å². The highest BCUT2D eigenvalue weighted by Gasteiger charge is 2.27. The average Bonchev–Trinajstić information content (AvgIpc) is 2.71. The van der Waals surface area contributed by atoms with E-state index in [2.05, 4.69) is 21.2 Å². The van der Waals surface area contributed by atoms with Crippen molar-refractivity contribution in [2.75, 3.05) is 11.9 Å². The molecule has 0 spiro atoms. The molecule has 30 heavy (non-hydrogen) atoms. The minimum atomic E-state index is -4.06. The second kappa shape index (κ2) is 9.46. The highest BCUT2D eigenvalue weighted by atomic mass is 79.9. The summed E-state index contributed by atoms with van der Waals surface area (Å²) < 4.78 is 55.6. The molecule has 0 aliphatic heterocycles. The predicted octanol–water partition coefficient (Wildman–Crippen LogP) is 4.56. The van der Waals surface area contributed by atoms with Crippen molar-refractivity contribution in [1.29, 1.82) is 0 Å². The highest BCUT2D eigenvalue weighted by molar-refractivity contribution is 9.10. The van der Waals surface area contributed by atoms with Gasteiger partial charge in [0, 0.05) is 11.0 Å². The zero-order chi connectivity index (χ0) is 21.7. The van der Waals surface area contributed by atoms with Crippen LogP contribution in [0.5, 0.6) is 0 Å². The first-order chi connectivity index (χ1) is 14.3. The lowest BCUT2D eigenvalue weighted by Crippen LogP contribution is -2.37. The van der Waals surface area contributed by atoms with Gasteiger partial charge < -0.3 is 5.32 Å². The first-order valence-electron chi connectivity index (χ1n) is 8.81. The molecule has 0 unspecified atom stereocenters. The second-order valence-electron chi connectivity index (χ2n) is 6.36. The van der Waals surface area contributed by atoms with E-state index in [1.165, 1.54) is 18.2 Å². The summed E-state index contributed by atoms with van der Waals surface area (Å²) in [6.07, 6.45) is 0. The molecule has 0 aliphatic rings. The quantitative estimate of drug-likeness (QED) is 0.523. The van der Waals surface area contributed by atoms with Gasteiger partial charge in [-0.05, 0) is 42.0 Å². The van der Waals surface area contributed by atoms with Crippen molar-refractivity contribution in [2.24, 2.45) is 0 Å². The molecule has 3 aromatic rings. The fourth-order valence-electron chi connectivity index (χ4n) is 2.72. The van der Waals surface area contributed by atoms with Gasteiger partial charge in [0.05, 0.1) is 11.4 Å². The molecule has 0 fully saturated rings. The smallest absolute Gasteiger partial charge is 0.243 e. The molecule has 156 valence electrons. The molecule has 1 amide bonds. The van der Waals surface area contributed by atoms with Gasteiger partial charge in [-0.3, -0.25) is 4.79 Å². The zero-order valence-corrected chi connectivity index (χ0v) is 18.0. The Morgan fingerprint density at radius 3 is 2.10 bits per heavy atom. The van der Waals surface area contributed by atoms with Crippen LogP contribution in [0.15, 0.2) is 82.2 Å². The minimum absolute atomic E-state index is 0.00787. The largest absolute Gasteiger partial charge is 0.320 e. The van der Waals surface area contributed by atoms with Crippen LogP contribution in [0, 0.1) is 11.6 Å². The number of carbonyl (C=O) groups excluding carboxylic acids is 1. The number of carbonyl (C=O) groups is 1. The van der Waals surface area contributed by atoms with Gasteiger partial charge in [0.15, 0.2) is 0 Å². The first kappa shape index (κ1) is 22.1. The van der Waals surface area contributed by atoms with E-state index >= 15 is 0 Å². The van der Waals surface area contributed by atoms with Crippen LogP contribution in [-0.4, -0.2) is 25.2 Å². The Bertz CT molecular complexity index is 1120. The van der Waals surface area contributed by atoms with Gasteiger partial charge in [-0.15, -0.1) is 0 Å². The average molecular weight is 495 g/mol. The molecular formula is C21H17BrF2N2O3S. The van der Waals surface area contributed by atoms with E-state index in [-0.39, 0.29) is 11.4 Å². The fourth-order valence-corrected chi connectivity index (χ4v) is 4.37. The molecule has 0 heterocycles. The van der Waals surface area contributed by atoms with E-state index < -0.39 is 39.8 Å². The van der Waals surface area contributed by atoms with Crippen molar-refractivity contribution in [3.05, 3.63) is 94.5 Å². The van der Waals surface area contributed by atoms with Gasteiger partial charge in [0.2, 0.25) is 15.9 Å². The molecular weight excluding hydrogens is 478 g/mol. The Morgan fingerprint density at radius 2 is 1.50 bits per heavy atom. The Morgan fingerprint density at radius 1 is 0.900 bits per heavy atom. The lowest BCUT2D eigenvalue weighted by molar-refractivity contribution is -0.116. The van der Waals surface area contributed by atoms with Crippen LogP contribution in [-0.2, 0) is 21.4 Å². The number of hydrogen-bond donors (Lipinski definition) is 1. The van der Waals surface area contributed by atoms with Crippen LogP contribution in [0.2, 0.25) is 0 Å². The van der Waals surface area contributed by atoms with Crippen LogP contribution in [0.25, 0.3) is 0 Å². The van der Waals surface area contributed by atoms with E-state index in [9.17, 15) is 22.0 Å². The molecule has 0 bridgehead atoms. The van der Waals surface area contributed by atoms with E-state index in [1.807, 2.05) is 0 Å². The lowest BCUT2D eigenvalue weighted by atomic mass is 10.2. The molecule has 0 aliphatic carbocycles. The second-order valence-corrected chi connectivity index (χ2v) is 9.21. The summed E-state index contributed by atoms with van der Waals surface area (Å²) >= 11 is 3.25. The number of anilines is 1. The maximum atomic E-state index is 13.8. The number of para-hydroxylation sites is 1. The Hall–Kier alpha value is -2.62. The number of amides is 1. The molecule has 0 aromatic heterocycles. The number of benzene rings is 3. The predicted molar refractivity (Wildman–Crippen MR) is 113 cm³/mol. The molecule has 3 aromatic carbocycles. The van der Waals surface area contributed by atoms with Crippen LogP contribution in [0.3, 0.4) is 0 Å². The van der Waals surface area contributed by atoms with Crippen LogP contribution in [0.1, 0.15) is 5.56 Å². The number of nitrogens with one attached hydrogen (secondary N) is 1. The van der Waals surface area contributed by atoms with Gasteiger partial charge >= 0.3 is 0 Å². The molecule has 5 nitrogen and oxygen atoms in total. The molecule has 0 saturated heterocycles. The molecule has 9 heteroatoms. The summed E-state index contributed by atoms with van der Waals surface area (Å²) in [5, 5.41) is 2.12. The number of sulfonamides is 1. The van der Waals surface area contributed by atoms with Gasteiger partial charge in [-0.2, -0.15) is 4.31 Å². The van der Waals surface area contributed by atoms with E-state index in [1.54, 1.807) is 42.5 Å². The van der Waals surface area contributed by atoms with Crippen molar-refractivity contribution in [1.82, 2.24) is 4.31 Å². The van der Waals surface area contributed by atoms with Crippen LogP contribution < -0.4 is 5.32 Å². The summed E-state index contributed by atoms with van der Waals surface area (Å²) in [6.45, 7) is -0.715. The maximum absolute atomic E-state index is 13.8. The van der Waals surface area contributed by atoms with Crippen molar-refractivity contribution >= 4 is 37.5 Å². The number of halogens is 3. The van der Waals surface area contributed by atoms with Crippen molar-refractivity contribution in [2.45, 2.75) is 11.4 Å². The minimum Gasteiger partial charge on any atom is -0.320 e. The monoisotopic (exact) mass is 494 g/mol. The molecule has 0 atom stereocenters. The Kier molecular flexibility index (Phi) is 6.96. The third-order valence-electron chi connectivity index (χ3n) is 4.20. The number of hydrogen-bond acceptors (Lipinski definition) is 3. The van der Waals surface area contributed by atoms with Crippen molar-refractivity contribution in [3.8, 4) is 0 Å². The van der Waals surface area contributed by atoms with E-state index in [0.29, 0.717) is 10.0 Å². The van der Waals surface area contributed by atoms with Crippen LogP contribution in [0.4, 0.5) is 14.5 Å². The van der Waals surface area contributed by atoms with E-state index in [4.69, 9.17) is 0 Å². The van der Waals surface area contributed by atoms with Gasteiger partial charge in [-0.1, -0.05) is 52.3 Å². The summed E-state index contributed by atoms with van der Waals surface area (Å²) in [4.78, 5) is 12.5. The number of rotatable bonds is 7. The number of nitrogens with zero attached hydrogens (tertiary/aromatic N) is 1. The topological polar surface area (TPSA) is 66.5 Å². The van der Waals surface area contributed by atoms with Crippen molar-refractivity contribution in [3.63, 3.8) is 0 Å². The maximum Gasteiger partial charge on any atom is 0.243 e. The SMILES string of the molecule is O=C(CN(Cc1ccccc1)S(=O)(=O)c1ccc(Br)cc1)Nc1c(F)cccc1F. The summed E-state index contributed by atoms with van der Waals surface area (Å²) in [5.74, 6) is -2.77. The highest BCUT2D eigenvalue weighted by Crippen LogP contribution is 2.22. The fraction of sp³-hybridized carbons (Fsp3) is 0.0952.